The first-order valence-electron chi connectivity index (χ1n) is 9.05. The second-order valence-electron chi connectivity index (χ2n) is 7.16. The third-order valence-corrected chi connectivity index (χ3v) is 6.40. The molecule has 1 aliphatic heterocycles. The number of aryl methyl sites for hydroxylation is 1. The zero-order chi connectivity index (χ0) is 20.5. The number of nitrogens with zero attached hydrogens (tertiary/aromatic N) is 2. The Balaban J connectivity index is 1.69. The average molecular weight is 422 g/mol. The standard InChI is InChI=1S/C20H24ClN3O3S/c1-14-10-17(12-19(15(14)2)28(22,26)27)20(25)24-8-6-23(7-9-24)13-16-4-3-5-18(21)11-16/h3-5,10-12H,6-9,13H2,1-2H3,(H2,22,26,27). The minimum Gasteiger partial charge on any atom is -0.336 e. The van der Waals surface area contributed by atoms with E-state index < -0.39 is 10.0 Å². The number of amides is 1. The van der Waals surface area contributed by atoms with Crippen molar-refractivity contribution in [1.82, 2.24) is 9.80 Å². The zero-order valence-corrected chi connectivity index (χ0v) is 17.6. The summed E-state index contributed by atoms with van der Waals surface area (Å²) in [5.74, 6) is -0.171. The van der Waals surface area contributed by atoms with Crippen molar-refractivity contribution in [1.29, 1.82) is 0 Å². The molecule has 2 aromatic rings. The number of piperazine rings is 1. The number of halogens is 1. The molecule has 0 atom stereocenters. The summed E-state index contributed by atoms with van der Waals surface area (Å²) in [5.41, 5.74) is 2.80. The maximum atomic E-state index is 12.9. The molecule has 8 heteroatoms. The van der Waals surface area contributed by atoms with Crippen LogP contribution in [0.3, 0.4) is 0 Å². The van der Waals surface area contributed by atoms with E-state index in [0.29, 0.717) is 29.2 Å². The molecule has 2 aromatic carbocycles. The largest absolute Gasteiger partial charge is 0.336 e. The number of carbonyl (C=O) groups excluding carboxylic acids is 1. The quantitative estimate of drug-likeness (QED) is 0.822. The Morgan fingerprint density at radius 2 is 1.79 bits per heavy atom. The molecular weight excluding hydrogens is 398 g/mol. The van der Waals surface area contributed by atoms with Crippen molar-refractivity contribution in [3.63, 3.8) is 0 Å². The molecule has 0 aliphatic carbocycles. The summed E-state index contributed by atoms with van der Waals surface area (Å²) in [5, 5.41) is 6.02. The highest BCUT2D eigenvalue weighted by molar-refractivity contribution is 7.89. The van der Waals surface area contributed by atoms with Gasteiger partial charge in [0.25, 0.3) is 5.91 Å². The molecule has 1 saturated heterocycles. The van der Waals surface area contributed by atoms with Crippen molar-refractivity contribution in [3.05, 3.63) is 63.7 Å². The predicted molar refractivity (Wildman–Crippen MR) is 110 cm³/mol. The van der Waals surface area contributed by atoms with Crippen LogP contribution >= 0.6 is 11.6 Å². The molecule has 0 saturated carbocycles. The lowest BCUT2D eigenvalue weighted by Crippen LogP contribution is -2.48. The summed E-state index contributed by atoms with van der Waals surface area (Å²) in [6.07, 6.45) is 0. The summed E-state index contributed by atoms with van der Waals surface area (Å²) < 4.78 is 23.7. The lowest BCUT2D eigenvalue weighted by atomic mass is 10.0. The van der Waals surface area contributed by atoms with Crippen molar-refractivity contribution in [3.8, 4) is 0 Å². The Bertz CT molecular complexity index is 1000. The Morgan fingerprint density at radius 1 is 1.11 bits per heavy atom. The van der Waals surface area contributed by atoms with Gasteiger partial charge in [0.1, 0.15) is 0 Å². The van der Waals surface area contributed by atoms with E-state index in [1.165, 1.54) is 6.07 Å². The first kappa shape index (κ1) is 20.8. The summed E-state index contributed by atoms with van der Waals surface area (Å²) in [6.45, 7) is 6.90. The Kier molecular flexibility index (Phi) is 6.09. The van der Waals surface area contributed by atoms with E-state index in [2.05, 4.69) is 4.90 Å². The highest BCUT2D eigenvalue weighted by Crippen LogP contribution is 2.22. The van der Waals surface area contributed by atoms with Gasteiger partial charge in [0.05, 0.1) is 4.90 Å². The van der Waals surface area contributed by atoms with Gasteiger partial charge in [0.2, 0.25) is 10.0 Å². The fraction of sp³-hybridized carbons (Fsp3) is 0.350. The van der Waals surface area contributed by atoms with E-state index in [9.17, 15) is 13.2 Å². The Hall–Kier alpha value is -1.93. The fourth-order valence-electron chi connectivity index (χ4n) is 3.43. The van der Waals surface area contributed by atoms with Gasteiger partial charge in [-0.15, -0.1) is 0 Å². The van der Waals surface area contributed by atoms with Crippen molar-refractivity contribution < 1.29 is 13.2 Å². The maximum Gasteiger partial charge on any atom is 0.253 e. The predicted octanol–water partition coefficient (Wildman–Crippen LogP) is 2.56. The van der Waals surface area contributed by atoms with Crippen molar-refractivity contribution in [2.24, 2.45) is 5.14 Å². The van der Waals surface area contributed by atoms with Gasteiger partial charge in [0.15, 0.2) is 0 Å². The summed E-state index contributed by atoms with van der Waals surface area (Å²) >= 11 is 6.04. The fourth-order valence-corrected chi connectivity index (χ4v) is 4.52. The van der Waals surface area contributed by atoms with Crippen molar-refractivity contribution in [2.75, 3.05) is 26.2 Å². The maximum absolute atomic E-state index is 12.9. The summed E-state index contributed by atoms with van der Waals surface area (Å²) in [7, 11) is -3.88. The van der Waals surface area contributed by atoms with Crippen LogP contribution in [0.5, 0.6) is 0 Å². The molecule has 1 amide bonds. The van der Waals surface area contributed by atoms with Gasteiger partial charge in [-0.3, -0.25) is 9.69 Å². The smallest absolute Gasteiger partial charge is 0.253 e. The molecule has 1 heterocycles. The first-order valence-corrected chi connectivity index (χ1v) is 11.0. The lowest BCUT2D eigenvalue weighted by molar-refractivity contribution is 0.0628. The third-order valence-electron chi connectivity index (χ3n) is 5.13. The second kappa shape index (κ2) is 8.21. The minimum atomic E-state index is -3.88. The number of carbonyl (C=O) groups is 1. The first-order chi connectivity index (χ1) is 13.1. The van der Waals surface area contributed by atoms with Gasteiger partial charge < -0.3 is 4.90 Å². The molecule has 0 spiro atoms. The van der Waals surface area contributed by atoms with Gasteiger partial charge in [-0.25, -0.2) is 13.6 Å². The molecule has 3 rings (SSSR count). The molecule has 1 aliphatic rings. The highest BCUT2D eigenvalue weighted by atomic mass is 35.5. The van der Waals surface area contributed by atoms with Crippen LogP contribution in [0, 0.1) is 13.8 Å². The van der Waals surface area contributed by atoms with Crippen LogP contribution in [0.2, 0.25) is 5.02 Å². The van der Waals surface area contributed by atoms with E-state index in [1.54, 1.807) is 24.8 Å². The second-order valence-corrected chi connectivity index (χ2v) is 9.13. The number of rotatable bonds is 4. The highest BCUT2D eigenvalue weighted by Gasteiger charge is 2.24. The molecule has 0 aromatic heterocycles. The van der Waals surface area contributed by atoms with Gasteiger partial charge in [-0.05, 0) is 54.8 Å². The number of sulfonamides is 1. The monoisotopic (exact) mass is 421 g/mol. The van der Waals surface area contributed by atoms with E-state index in [0.717, 1.165) is 30.8 Å². The molecule has 28 heavy (non-hydrogen) atoms. The number of benzene rings is 2. The third kappa shape index (κ3) is 4.72. The van der Waals surface area contributed by atoms with Crippen LogP contribution in [-0.4, -0.2) is 50.3 Å². The molecular formula is C20H24ClN3O3S. The molecule has 150 valence electrons. The van der Waals surface area contributed by atoms with Gasteiger partial charge >= 0.3 is 0 Å². The lowest BCUT2D eigenvalue weighted by Gasteiger charge is -2.35. The average Bonchev–Trinajstić information content (AvgIpc) is 2.63. The summed E-state index contributed by atoms with van der Waals surface area (Å²) in [6, 6.07) is 10.9. The molecule has 0 bridgehead atoms. The Labute approximate surface area is 170 Å². The number of hydrogen-bond donors (Lipinski definition) is 1. The van der Waals surface area contributed by atoms with Crippen molar-refractivity contribution >= 4 is 27.5 Å². The van der Waals surface area contributed by atoms with Gasteiger partial charge in [0, 0.05) is 43.3 Å². The normalized spacial score (nSPS) is 15.6. The van der Waals surface area contributed by atoms with Crippen LogP contribution in [0.1, 0.15) is 27.0 Å². The SMILES string of the molecule is Cc1cc(C(=O)N2CCN(Cc3cccc(Cl)c3)CC2)cc(S(N)(=O)=O)c1C. The van der Waals surface area contributed by atoms with E-state index in [-0.39, 0.29) is 10.8 Å². The molecule has 0 unspecified atom stereocenters. The molecule has 6 nitrogen and oxygen atoms in total. The van der Waals surface area contributed by atoms with Crippen LogP contribution in [-0.2, 0) is 16.6 Å². The molecule has 1 fully saturated rings. The Morgan fingerprint density at radius 3 is 2.39 bits per heavy atom. The van der Waals surface area contributed by atoms with E-state index in [1.807, 2.05) is 24.3 Å². The van der Waals surface area contributed by atoms with Crippen molar-refractivity contribution in [2.45, 2.75) is 25.3 Å². The number of nitrogens with two attached hydrogens (primary N) is 1. The van der Waals surface area contributed by atoms with Crippen LogP contribution in [0.15, 0.2) is 41.3 Å². The van der Waals surface area contributed by atoms with Gasteiger partial charge in [-0.1, -0.05) is 23.7 Å². The summed E-state index contributed by atoms with van der Waals surface area (Å²) in [4.78, 5) is 16.9. The van der Waals surface area contributed by atoms with Crippen LogP contribution in [0.4, 0.5) is 0 Å². The van der Waals surface area contributed by atoms with Gasteiger partial charge in [-0.2, -0.15) is 0 Å². The van der Waals surface area contributed by atoms with Crippen LogP contribution in [0.25, 0.3) is 0 Å². The zero-order valence-electron chi connectivity index (χ0n) is 16.0. The van der Waals surface area contributed by atoms with E-state index in [4.69, 9.17) is 16.7 Å². The molecule has 2 N–H and O–H groups in total. The topological polar surface area (TPSA) is 83.7 Å². The van der Waals surface area contributed by atoms with E-state index >= 15 is 0 Å². The molecule has 0 radical (unpaired) electrons. The van der Waals surface area contributed by atoms with Crippen LogP contribution < -0.4 is 5.14 Å². The minimum absolute atomic E-state index is 0.00967. The number of primary sulfonamides is 1. The number of hydrogen-bond acceptors (Lipinski definition) is 4.